The number of para-hydroxylation sites is 1. The number of rotatable bonds is 3. The van der Waals surface area contributed by atoms with E-state index in [1.807, 2.05) is 17.0 Å². The lowest BCUT2D eigenvalue weighted by atomic mass is 9.78. The van der Waals surface area contributed by atoms with E-state index >= 15 is 0 Å². The van der Waals surface area contributed by atoms with Crippen molar-refractivity contribution in [3.63, 3.8) is 0 Å². The maximum Gasteiger partial charge on any atom is 0.417 e. The first-order valence-corrected chi connectivity index (χ1v) is 13.0. The molecule has 1 aromatic carbocycles. The van der Waals surface area contributed by atoms with Gasteiger partial charge in [0, 0.05) is 55.5 Å². The normalized spacial score (nSPS) is 29.5. The van der Waals surface area contributed by atoms with Gasteiger partial charge in [-0.1, -0.05) is 24.6 Å². The predicted octanol–water partition coefficient (Wildman–Crippen LogP) is 5.39. The molecule has 0 radical (unpaired) electrons. The van der Waals surface area contributed by atoms with Crippen molar-refractivity contribution >= 4 is 5.91 Å². The summed E-state index contributed by atoms with van der Waals surface area (Å²) in [5.41, 5.74) is 1.27. The number of nitrogens with zero attached hydrogens (tertiary/aromatic N) is 3. The Kier molecular flexibility index (Phi) is 5.78. The number of pyridine rings is 1. The Morgan fingerprint density at radius 1 is 1.25 bits per heavy atom. The lowest BCUT2D eigenvalue weighted by Gasteiger charge is -2.39. The van der Waals surface area contributed by atoms with Gasteiger partial charge in [0.15, 0.2) is 0 Å². The van der Waals surface area contributed by atoms with Crippen LogP contribution in [0.3, 0.4) is 0 Å². The third kappa shape index (κ3) is 3.88. The molecule has 0 saturated heterocycles. The van der Waals surface area contributed by atoms with Gasteiger partial charge >= 0.3 is 6.18 Å². The van der Waals surface area contributed by atoms with Gasteiger partial charge in [-0.2, -0.15) is 13.2 Å². The Bertz CT molecular complexity index is 1170. The quantitative estimate of drug-likeness (QED) is 0.568. The Morgan fingerprint density at radius 3 is 2.92 bits per heavy atom. The van der Waals surface area contributed by atoms with Crippen LogP contribution in [0.25, 0.3) is 0 Å². The van der Waals surface area contributed by atoms with Crippen molar-refractivity contribution < 1.29 is 22.7 Å². The smallest absolute Gasteiger partial charge is 0.417 e. The Labute approximate surface area is 209 Å². The van der Waals surface area contributed by atoms with Crippen molar-refractivity contribution in [3.05, 3.63) is 58.9 Å². The van der Waals surface area contributed by atoms with Crippen molar-refractivity contribution in [1.29, 1.82) is 0 Å². The fourth-order valence-corrected chi connectivity index (χ4v) is 7.34. The number of carbonyl (C=O) groups excluding carboxylic acids is 1. The number of alkyl halides is 3. The van der Waals surface area contributed by atoms with Crippen LogP contribution in [0.1, 0.15) is 67.0 Å². The fourth-order valence-electron chi connectivity index (χ4n) is 7.34. The number of carbonyl (C=O) groups is 1. The van der Waals surface area contributed by atoms with E-state index in [9.17, 15) is 18.0 Å². The molecule has 2 aliphatic heterocycles. The molecule has 2 aliphatic carbocycles. The maximum absolute atomic E-state index is 14.1. The number of amides is 1. The zero-order valence-electron chi connectivity index (χ0n) is 20.6. The van der Waals surface area contributed by atoms with Crippen LogP contribution < -0.4 is 4.74 Å². The average molecular weight is 500 g/mol. The Hall–Kier alpha value is -2.61. The second-order valence-electron chi connectivity index (χ2n) is 11.0. The van der Waals surface area contributed by atoms with Gasteiger partial charge in [-0.15, -0.1) is 0 Å². The molecule has 6 rings (SSSR count). The van der Waals surface area contributed by atoms with E-state index in [0.29, 0.717) is 42.8 Å². The highest BCUT2D eigenvalue weighted by Crippen LogP contribution is 2.57. The van der Waals surface area contributed by atoms with Crippen LogP contribution in [0, 0.1) is 11.3 Å². The summed E-state index contributed by atoms with van der Waals surface area (Å²) in [6.45, 7) is 1.42. The Balaban J connectivity index is 1.22. The van der Waals surface area contributed by atoms with Crippen LogP contribution in [-0.4, -0.2) is 46.9 Å². The fraction of sp³-hybridized carbons (Fsp3) is 0.571. The first-order valence-electron chi connectivity index (χ1n) is 13.0. The number of benzene rings is 1. The summed E-state index contributed by atoms with van der Waals surface area (Å²) in [4.78, 5) is 22.4. The van der Waals surface area contributed by atoms with E-state index in [1.54, 1.807) is 0 Å². The first kappa shape index (κ1) is 23.8. The standard InChI is InChI=1S/C28H32F3N3O2/c1-33(24-9-12-36-25-7-3-2-6-22(24)25)21-14-19-5-4-10-27(19,15-21)26(35)34-11-8-23-18(17-34)13-20(16-32-23)28(29,30)31/h2-3,6-7,13,16,19,21,24H,4-5,8-12,14-15,17H2,1H3/t19-,21-,24?,27-/m1/s1. The molecule has 3 heterocycles. The van der Waals surface area contributed by atoms with Gasteiger partial charge < -0.3 is 9.64 Å². The minimum Gasteiger partial charge on any atom is -0.493 e. The highest BCUT2D eigenvalue weighted by Gasteiger charge is 2.57. The zero-order valence-corrected chi connectivity index (χ0v) is 20.6. The summed E-state index contributed by atoms with van der Waals surface area (Å²) >= 11 is 0. The number of ether oxygens (including phenoxy) is 1. The van der Waals surface area contributed by atoms with Gasteiger partial charge in [-0.3, -0.25) is 14.7 Å². The largest absolute Gasteiger partial charge is 0.493 e. The summed E-state index contributed by atoms with van der Waals surface area (Å²) in [5.74, 6) is 1.41. The molecule has 0 bridgehead atoms. The van der Waals surface area contributed by atoms with E-state index in [1.165, 1.54) is 11.6 Å². The molecule has 192 valence electrons. The molecule has 36 heavy (non-hydrogen) atoms. The topological polar surface area (TPSA) is 45.7 Å². The van der Waals surface area contributed by atoms with Crippen LogP contribution >= 0.6 is 0 Å². The molecule has 8 heteroatoms. The molecule has 1 amide bonds. The molecule has 2 fully saturated rings. The van der Waals surface area contributed by atoms with Crippen LogP contribution in [0.5, 0.6) is 5.75 Å². The maximum atomic E-state index is 14.1. The lowest BCUT2D eigenvalue weighted by Crippen LogP contribution is -2.47. The highest BCUT2D eigenvalue weighted by molar-refractivity contribution is 5.84. The predicted molar refractivity (Wildman–Crippen MR) is 128 cm³/mol. The molecule has 2 aromatic rings. The molecule has 0 N–H and O–H groups in total. The molecular weight excluding hydrogens is 467 g/mol. The monoisotopic (exact) mass is 499 g/mol. The minimum atomic E-state index is -4.43. The number of halogens is 3. The van der Waals surface area contributed by atoms with Crippen molar-refractivity contribution in [2.24, 2.45) is 11.3 Å². The van der Waals surface area contributed by atoms with Gasteiger partial charge in [0.1, 0.15) is 5.75 Å². The molecule has 4 aliphatic rings. The molecular formula is C28H32F3N3O2. The second kappa shape index (κ2) is 8.75. The molecule has 1 aromatic heterocycles. The van der Waals surface area contributed by atoms with Gasteiger partial charge in [0.25, 0.3) is 0 Å². The summed E-state index contributed by atoms with van der Waals surface area (Å²) < 4.78 is 45.7. The average Bonchev–Trinajstić information content (AvgIpc) is 3.45. The number of aromatic nitrogens is 1. The summed E-state index contributed by atoms with van der Waals surface area (Å²) in [6, 6.07) is 9.96. The van der Waals surface area contributed by atoms with Crippen molar-refractivity contribution in [3.8, 4) is 5.75 Å². The third-order valence-corrected chi connectivity index (χ3v) is 9.19. The number of hydrogen-bond donors (Lipinski definition) is 0. The molecule has 1 unspecified atom stereocenters. The summed E-state index contributed by atoms with van der Waals surface area (Å²) in [6.07, 6.45) is 2.67. The van der Waals surface area contributed by atoms with E-state index in [0.717, 1.165) is 50.5 Å². The first-order chi connectivity index (χ1) is 17.3. The van der Waals surface area contributed by atoms with Crippen LogP contribution in [0.2, 0.25) is 0 Å². The third-order valence-electron chi connectivity index (χ3n) is 9.19. The van der Waals surface area contributed by atoms with Gasteiger partial charge in [0.2, 0.25) is 5.91 Å². The summed E-state index contributed by atoms with van der Waals surface area (Å²) in [7, 11) is 2.18. The van der Waals surface area contributed by atoms with E-state index in [-0.39, 0.29) is 18.5 Å². The molecule has 5 nitrogen and oxygen atoms in total. The Morgan fingerprint density at radius 2 is 2.08 bits per heavy atom. The molecule has 4 atom stereocenters. The van der Waals surface area contributed by atoms with Gasteiger partial charge in [-0.25, -0.2) is 0 Å². The number of fused-ring (bicyclic) bond motifs is 3. The number of hydrogen-bond acceptors (Lipinski definition) is 4. The second-order valence-corrected chi connectivity index (χ2v) is 11.0. The van der Waals surface area contributed by atoms with E-state index in [4.69, 9.17) is 4.74 Å². The highest BCUT2D eigenvalue weighted by atomic mass is 19.4. The van der Waals surface area contributed by atoms with Gasteiger partial charge in [0.05, 0.1) is 17.6 Å². The van der Waals surface area contributed by atoms with Crippen molar-refractivity contribution in [2.45, 2.75) is 69.8 Å². The lowest BCUT2D eigenvalue weighted by molar-refractivity contribution is -0.144. The van der Waals surface area contributed by atoms with Crippen molar-refractivity contribution in [2.75, 3.05) is 20.2 Å². The minimum absolute atomic E-state index is 0.135. The van der Waals surface area contributed by atoms with Gasteiger partial charge in [-0.05, 0) is 56.3 Å². The van der Waals surface area contributed by atoms with E-state index < -0.39 is 17.2 Å². The van der Waals surface area contributed by atoms with E-state index in [2.05, 4.69) is 29.1 Å². The molecule has 0 spiro atoms. The molecule has 2 saturated carbocycles. The van der Waals surface area contributed by atoms with Crippen molar-refractivity contribution in [1.82, 2.24) is 14.8 Å². The van der Waals surface area contributed by atoms with Crippen LogP contribution in [0.15, 0.2) is 36.5 Å². The van der Waals surface area contributed by atoms with Crippen LogP contribution in [0.4, 0.5) is 13.2 Å². The summed E-state index contributed by atoms with van der Waals surface area (Å²) in [5, 5.41) is 0. The SMILES string of the molecule is CN(C1CCOc2ccccc21)[C@@H]1C[C@H]2CCC[C@@]2(C(=O)N2CCc3ncc(C(F)(F)F)cc3C2)C1. The zero-order chi connectivity index (χ0) is 25.1. The van der Waals surface area contributed by atoms with Crippen LogP contribution in [-0.2, 0) is 23.9 Å².